The molecule has 0 radical (unpaired) electrons. The number of aliphatic hydroxyl groups is 1. The molecule has 0 amide bonds. The lowest BCUT2D eigenvalue weighted by molar-refractivity contribution is 0.355. The number of aliphatic hydroxyl groups excluding tert-OH is 1. The zero-order valence-electron chi connectivity index (χ0n) is 6.66. The molecule has 0 saturated heterocycles. The molecule has 1 unspecified atom stereocenters. The minimum atomic E-state index is -3.34. The van der Waals surface area contributed by atoms with Crippen molar-refractivity contribution in [3.63, 3.8) is 0 Å². The first kappa shape index (κ1) is 10.9. The summed E-state index contributed by atoms with van der Waals surface area (Å²) in [6, 6.07) is 0. The van der Waals surface area contributed by atoms with Gasteiger partial charge in [-0.2, -0.15) is 0 Å². The Bertz CT molecular complexity index is 188. The van der Waals surface area contributed by atoms with E-state index in [9.17, 15) is 8.42 Å². The summed E-state index contributed by atoms with van der Waals surface area (Å²) < 4.78 is 22.0. The van der Waals surface area contributed by atoms with Crippen LogP contribution < -0.4 is 5.73 Å². The van der Waals surface area contributed by atoms with Crippen LogP contribution in [0.25, 0.3) is 0 Å². The van der Waals surface area contributed by atoms with Gasteiger partial charge in [0.05, 0.1) is 5.25 Å². The molecule has 4 nitrogen and oxygen atoms in total. The Morgan fingerprint density at radius 1 is 1.55 bits per heavy atom. The minimum Gasteiger partial charge on any atom is -0.380 e. The van der Waals surface area contributed by atoms with Crippen molar-refractivity contribution >= 4 is 9.84 Å². The summed E-state index contributed by atoms with van der Waals surface area (Å²) >= 11 is 0. The average molecular weight is 181 g/mol. The minimum absolute atomic E-state index is 0.0940. The van der Waals surface area contributed by atoms with Gasteiger partial charge in [-0.05, 0) is 6.42 Å². The van der Waals surface area contributed by atoms with Crippen molar-refractivity contribution in [1.82, 2.24) is 0 Å². The summed E-state index contributed by atoms with van der Waals surface area (Å²) in [7, 11) is -3.34. The van der Waals surface area contributed by atoms with E-state index in [1.165, 1.54) is 0 Å². The molecule has 0 spiro atoms. The van der Waals surface area contributed by atoms with E-state index in [2.05, 4.69) is 0 Å². The van der Waals surface area contributed by atoms with Gasteiger partial charge in [-0.3, -0.25) is 0 Å². The molecule has 0 heterocycles. The molecule has 0 aromatic carbocycles. The normalized spacial score (nSPS) is 14.8. The summed E-state index contributed by atoms with van der Waals surface area (Å²) in [5.41, 5.74) is 5.23. The van der Waals surface area contributed by atoms with Crippen molar-refractivity contribution < 1.29 is 13.5 Å². The fraction of sp³-hybridized carbons (Fsp3) is 1.00. The predicted octanol–water partition coefficient (Wildman–Crippen LogP) is -0.522. The summed E-state index contributed by atoms with van der Waals surface area (Å²) in [4.78, 5) is 0. The van der Waals surface area contributed by atoms with Gasteiger partial charge >= 0.3 is 0 Å². The second-order valence-corrected chi connectivity index (χ2v) is 4.69. The van der Waals surface area contributed by atoms with Gasteiger partial charge in [-0.1, -0.05) is 13.3 Å². The van der Waals surface area contributed by atoms with E-state index < -0.39 is 21.0 Å². The van der Waals surface area contributed by atoms with Crippen molar-refractivity contribution in [2.45, 2.75) is 25.0 Å². The van der Waals surface area contributed by atoms with Crippen LogP contribution in [-0.2, 0) is 9.84 Å². The van der Waals surface area contributed by atoms with E-state index in [4.69, 9.17) is 10.8 Å². The van der Waals surface area contributed by atoms with Crippen molar-refractivity contribution in [2.24, 2.45) is 5.73 Å². The molecular weight excluding hydrogens is 166 g/mol. The van der Waals surface area contributed by atoms with Crippen molar-refractivity contribution in [1.29, 1.82) is 0 Å². The van der Waals surface area contributed by atoms with Gasteiger partial charge in [-0.15, -0.1) is 0 Å². The van der Waals surface area contributed by atoms with Gasteiger partial charge < -0.3 is 10.8 Å². The van der Waals surface area contributed by atoms with Crippen LogP contribution in [0.1, 0.15) is 19.8 Å². The lowest BCUT2D eigenvalue weighted by Gasteiger charge is -2.11. The zero-order valence-corrected chi connectivity index (χ0v) is 7.47. The molecule has 0 aromatic rings. The highest BCUT2D eigenvalue weighted by Gasteiger charge is 2.21. The summed E-state index contributed by atoms with van der Waals surface area (Å²) in [6.45, 7) is 1.98. The quantitative estimate of drug-likeness (QED) is 0.598. The van der Waals surface area contributed by atoms with Gasteiger partial charge in [0.25, 0.3) is 0 Å². The number of hydrogen-bond acceptors (Lipinski definition) is 4. The second-order valence-electron chi connectivity index (χ2n) is 2.44. The fourth-order valence-corrected chi connectivity index (χ4v) is 1.97. The summed E-state index contributed by atoms with van der Waals surface area (Å²) in [6.07, 6.45) is 1.29. The maximum absolute atomic E-state index is 11.0. The average Bonchev–Trinajstić information content (AvgIpc) is 2.00. The highest BCUT2D eigenvalue weighted by molar-refractivity contribution is 7.91. The molecule has 0 rings (SSSR count). The third-order valence-corrected chi connectivity index (χ3v) is 3.37. The van der Waals surface area contributed by atoms with Crippen LogP contribution in [0.15, 0.2) is 0 Å². The highest BCUT2D eigenvalue weighted by Crippen LogP contribution is 2.06. The fourth-order valence-electron chi connectivity index (χ4n) is 0.871. The standard InChI is InChI=1S/C6H15NO3S/c1-2-3-6(4-7)11(9,10)5-8/h6,8H,2-5,7H2,1H3. The molecule has 5 heteroatoms. The molecule has 0 aromatic heterocycles. The first-order chi connectivity index (χ1) is 5.08. The Hall–Kier alpha value is -0.130. The molecule has 1 atom stereocenters. The first-order valence-corrected chi connectivity index (χ1v) is 5.32. The molecule has 68 valence electrons. The van der Waals surface area contributed by atoms with Crippen LogP contribution in [0.4, 0.5) is 0 Å². The maximum Gasteiger partial charge on any atom is 0.178 e. The van der Waals surface area contributed by atoms with Crippen molar-refractivity contribution in [3.8, 4) is 0 Å². The zero-order chi connectivity index (χ0) is 8.91. The lowest BCUT2D eigenvalue weighted by Crippen LogP contribution is -2.31. The molecule has 0 aliphatic carbocycles. The second kappa shape index (κ2) is 4.69. The van der Waals surface area contributed by atoms with Gasteiger partial charge in [0.2, 0.25) is 0 Å². The molecule has 0 aliphatic heterocycles. The maximum atomic E-state index is 11.0. The Morgan fingerprint density at radius 3 is 2.36 bits per heavy atom. The molecule has 0 aliphatic rings. The van der Waals surface area contributed by atoms with Crippen molar-refractivity contribution in [2.75, 3.05) is 12.5 Å². The highest BCUT2D eigenvalue weighted by atomic mass is 32.2. The van der Waals surface area contributed by atoms with Crippen LogP contribution >= 0.6 is 0 Å². The molecular formula is C6H15NO3S. The Morgan fingerprint density at radius 2 is 2.09 bits per heavy atom. The molecule has 3 N–H and O–H groups in total. The monoisotopic (exact) mass is 181 g/mol. The number of nitrogens with two attached hydrogens (primary N) is 1. The third kappa shape index (κ3) is 3.18. The largest absolute Gasteiger partial charge is 0.380 e. The number of hydrogen-bond donors (Lipinski definition) is 2. The Balaban J connectivity index is 4.25. The van der Waals surface area contributed by atoms with E-state index in [0.717, 1.165) is 6.42 Å². The molecule has 0 fully saturated rings. The molecule has 0 saturated carbocycles. The van der Waals surface area contributed by atoms with Crippen molar-refractivity contribution in [3.05, 3.63) is 0 Å². The van der Waals surface area contributed by atoms with Crippen LogP contribution in [-0.4, -0.2) is 31.3 Å². The molecule has 0 bridgehead atoms. The van der Waals surface area contributed by atoms with Gasteiger partial charge in [-0.25, -0.2) is 8.42 Å². The van der Waals surface area contributed by atoms with E-state index >= 15 is 0 Å². The molecule has 11 heavy (non-hydrogen) atoms. The smallest absolute Gasteiger partial charge is 0.178 e. The van der Waals surface area contributed by atoms with Gasteiger partial charge in [0, 0.05) is 6.54 Å². The third-order valence-electron chi connectivity index (χ3n) is 1.56. The van der Waals surface area contributed by atoms with E-state index in [0.29, 0.717) is 6.42 Å². The lowest BCUT2D eigenvalue weighted by atomic mass is 10.2. The Kier molecular flexibility index (Phi) is 4.63. The number of rotatable bonds is 5. The van der Waals surface area contributed by atoms with Crippen LogP contribution in [0, 0.1) is 0 Å². The van der Waals surface area contributed by atoms with E-state index in [1.807, 2.05) is 6.92 Å². The Labute approximate surface area is 67.3 Å². The summed E-state index contributed by atoms with van der Waals surface area (Å²) in [5.74, 6) is -0.797. The van der Waals surface area contributed by atoms with Crippen LogP contribution in [0.3, 0.4) is 0 Å². The first-order valence-electron chi connectivity index (χ1n) is 3.61. The summed E-state index contributed by atoms with van der Waals surface area (Å²) in [5, 5.41) is 7.91. The van der Waals surface area contributed by atoms with Gasteiger partial charge in [0.1, 0.15) is 5.94 Å². The van der Waals surface area contributed by atoms with Gasteiger partial charge in [0.15, 0.2) is 9.84 Å². The van der Waals surface area contributed by atoms with Crippen LogP contribution in [0.5, 0.6) is 0 Å². The SMILES string of the molecule is CCCC(CN)S(=O)(=O)CO. The predicted molar refractivity (Wildman–Crippen MR) is 43.8 cm³/mol. The van der Waals surface area contributed by atoms with E-state index in [1.54, 1.807) is 0 Å². The van der Waals surface area contributed by atoms with Crippen LogP contribution in [0.2, 0.25) is 0 Å². The number of sulfone groups is 1. The topological polar surface area (TPSA) is 80.4 Å². The van der Waals surface area contributed by atoms with E-state index in [-0.39, 0.29) is 6.54 Å².